The maximum absolute atomic E-state index is 12.7. The highest BCUT2D eigenvalue weighted by atomic mass is 35.5. The Morgan fingerprint density at radius 1 is 1.00 bits per heavy atom. The number of rotatable bonds is 4. The Morgan fingerprint density at radius 3 is 2.41 bits per heavy atom. The number of hydrogen-bond donors (Lipinski definition) is 0. The summed E-state index contributed by atoms with van der Waals surface area (Å²) in [7, 11) is -3.49. The molecule has 9 heteroatoms. The summed E-state index contributed by atoms with van der Waals surface area (Å²) in [6.45, 7) is 2.09. The second kappa shape index (κ2) is 7.12. The lowest BCUT2D eigenvalue weighted by Gasteiger charge is -2.33. The fourth-order valence-electron chi connectivity index (χ4n) is 3.22. The molecular weight excluding hydrogens is 390 g/mol. The van der Waals surface area contributed by atoms with Crippen LogP contribution in [0.15, 0.2) is 62.6 Å². The molecule has 0 aliphatic carbocycles. The molecule has 0 atom stereocenters. The van der Waals surface area contributed by atoms with Gasteiger partial charge in [-0.15, -0.1) is 0 Å². The van der Waals surface area contributed by atoms with Crippen molar-refractivity contribution >= 4 is 32.7 Å². The summed E-state index contributed by atoms with van der Waals surface area (Å²) >= 11 is 6.03. The molecule has 0 spiro atoms. The average molecular weight is 408 g/mol. The van der Waals surface area contributed by atoms with Gasteiger partial charge in [0.2, 0.25) is 10.0 Å². The maximum Gasteiger partial charge on any atom is 0.421 e. The van der Waals surface area contributed by atoms with Gasteiger partial charge in [0.15, 0.2) is 5.58 Å². The molecule has 2 aromatic carbocycles. The van der Waals surface area contributed by atoms with Crippen molar-refractivity contribution in [2.45, 2.75) is 11.6 Å². The normalized spacial score (nSPS) is 16.8. The van der Waals surface area contributed by atoms with E-state index in [1.807, 2.05) is 4.90 Å². The first-order chi connectivity index (χ1) is 12.9. The van der Waals surface area contributed by atoms with Crippen LogP contribution in [0, 0.1) is 0 Å². The van der Waals surface area contributed by atoms with E-state index in [-0.39, 0.29) is 0 Å². The summed E-state index contributed by atoms with van der Waals surface area (Å²) in [5.41, 5.74) is 1.11. The van der Waals surface area contributed by atoms with Crippen molar-refractivity contribution in [3.63, 3.8) is 0 Å². The molecule has 0 bridgehead atoms. The highest BCUT2D eigenvalue weighted by Crippen LogP contribution is 2.20. The van der Waals surface area contributed by atoms with E-state index in [4.69, 9.17) is 16.0 Å². The Bertz CT molecular complexity index is 1120. The summed E-state index contributed by atoms with van der Waals surface area (Å²) in [5, 5.41) is 0.524. The SMILES string of the molecule is O=c1oc2ccc(Cl)cc2n1CN1CCN(S(=O)(=O)c2ccccc2)CC1. The predicted molar refractivity (Wildman–Crippen MR) is 102 cm³/mol. The third-order valence-electron chi connectivity index (χ3n) is 4.68. The van der Waals surface area contributed by atoms with E-state index in [1.54, 1.807) is 48.5 Å². The lowest BCUT2D eigenvalue weighted by atomic mass is 10.3. The number of oxazole rings is 1. The molecule has 0 unspecified atom stereocenters. The van der Waals surface area contributed by atoms with Crippen molar-refractivity contribution in [1.29, 1.82) is 0 Å². The molecule has 0 N–H and O–H groups in total. The minimum Gasteiger partial charge on any atom is -0.408 e. The Hall–Kier alpha value is -2.13. The van der Waals surface area contributed by atoms with Gasteiger partial charge in [0, 0.05) is 31.2 Å². The third-order valence-corrected chi connectivity index (χ3v) is 6.83. The lowest BCUT2D eigenvalue weighted by molar-refractivity contribution is 0.150. The smallest absolute Gasteiger partial charge is 0.408 e. The molecule has 3 aromatic rings. The highest BCUT2D eigenvalue weighted by Gasteiger charge is 2.28. The van der Waals surface area contributed by atoms with Crippen molar-refractivity contribution in [1.82, 2.24) is 13.8 Å². The first kappa shape index (κ1) is 18.2. The molecule has 1 saturated heterocycles. The minimum atomic E-state index is -3.49. The van der Waals surface area contributed by atoms with Crippen LogP contribution in [-0.2, 0) is 16.7 Å². The van der Waals surface area contributed by atoms with Crippen LogP contribution >= 0.6 is 11.6 Å². The molecule has 27 heavy (non-hydrogen) atoms. The van der Waals surface area contributed by atoms with Crippen LogP contribution in [0.3, 0.4) is 0 Å². The summed E-state index contributed by atoms with van der Waals surface area (Å²) < 4.78 is 33.6. The van der Waals surface area contributed by atoms with Crippen LogP contribution < -0.4 is 5.76 Å². The zero-order valence-corrected chi connectivity index (χ0v) is 16.0. The molecule has 0 radical (unpaired) electrons. The van der Waals surface area contributed by atoms with E-state index in [0.29, 0.717) is 53.9 Å². The Morgan fingerprint density at radius 2 is 1.70 bits per heavy atom. The van der Waals surface area contributed by atoms with Gasteiger partial charge in [-0.3, -0.25) is 9.47 Å². The fraction of sp³-hybridized carbons (Fsp3) is 0.278. The molecule has 142 valence electrons. The first-order valence-corrected chi connectivity index (χ1v) is 10.3. The van der Waals surface area contributed by atoms with Crippen molar-refractivity contribution in [3.8, 4) is 0 Å². The van der Waals surface area contributed by atoms with Crippen LogP contribution in [0.1, 0.15) is 0 Å². The van der Waals surface area contributed by atoms with Gasteiger partial charge in [0.1, 0.15) is 0 Å². The number of fused-ring (bicyclic) bond motifs is 1. The van der Waals surface area contributed by atoms with Gasteiger partial charge in [-0.1, -0.05) is 29.8 Å². The Kier molecular flexibility index (Phi) is 4.81. The molecule has 2 heterocycles. The van der Waals surface area contributed by atoms with E-state index in [0.717, 1.165) is 0 Å². The summed E-state index contributed by atoms with van der Waals surface area (Å²) in [5.74, 6) is -0.452. The van der Waals surface area contributed by atoms with Crippen molar-refractivity contribution < 1.29 is 12.8 Å². The van der Waals surface area contributed by atoms with Gasteiger partial charge < -0.3 is 4.42 Å². The highest BCUT2D eigenvalue weighted by molar-refractivity contribution is 7.89. The summed E-state index contributed by atoms with van der Waals surface area (Å²) in [6.07, 6.45) is 0. The van der Waals surface area contributed by atoms with Crippen molar-refractivity contribution in [3.05, 3.63) is 64.1 Å². The van der Waals surface area contributed by atoms with Crippen molar-refractivity contribution in [2.24, 2.45) is 0 Å². The third kappa shape index (κ3) is 3.53. The van der Waals surface area contributed by atoms with Crippen LogP contribution in [0.4, 0.5) is 0 Å². The summed E-state index contributed by atoms with van der Waals surface area (Å²) in [6, 6.07) is 13.4. The van der Waals surface area contributed by atoms with Gasteiger partial charge in [-0.25, -0.2) is 13.2 Å². The molecule has 0 saturated carbocycles. The molecule has 4 rings (SSSR count). The lowest BCUT2D eigenvalue weighted by Crippen LogP contribution is -2.49. The number of sulfonamides is 1. The van der Waals surface area contributed by atoms with E-state index >= 15 is 0 Å². The number of hydrogen-bond acceptors (Lipinski definition) is 5. The van der Waals surface area contributed by atoms with Crippen LogP contribution in [0.25, 0.3) is 11.1 Å². The first-order valence-electron chi connectivity index (χ1n) is 8.51. The number of halogens is 1. The molecule has 1 aliphatic heterocycles. The van der Waals surface area contributed by atoms with Gasteiger partial charge in [-0.05, 0) is 30.3 Å². The number of nitrogens with zero attached hydrogens (tertiary/aromatic N) is 3. The second-order valence-corrected chi connectivity index (χ2v) is 8.76. The average Bonchev–Trinajstić information content (AvgIpc) is 2.98. The second-order valence-electron chi connectivity index (χ2n) is 6.38. The van der Waals surface area contributed by atoms with Gasteiger partial charge in [0.25, 0.3) is 0 Å². The van der Waals surface area contributed by atoms with Crippen molar-refractivity contribution in [2.75, 3.05) is 26.2 Å². The largest absolute Gasteiger partial charge is 0.421 e. The van der Waals surface area contributed by atoms with Gasteiger partial charge in [-0.2, -0.15) is 4.31 Å². The van der Waals surface area contributed by atoms with Crippen LogP contribution in [-0.4, -0.2) is 48.4 Å². The van der Waals surface area contributed by atoms with Crippen LogP contribution in [0.5, 0.6) is 0 Å². The van der Waals surface area contributed by atoms with Gasteiger partial charge >= 0.3 is 5.76 Å². The topological polar surface area (TPSA) is 75.8 Å². The fourth-order valence-corrected chi connectivity index (χ4v) is 4.83. The Labute approximate surface area is 161 Å². The molecule has 1 aromatic heterocycles. The molecule has 0 amide bonds. The van der Waals surface area contributed by atoms with E-state index in [9.17, 15) is 13.2 Å². The standard InChI is InChI=1S/C18H18ClN3O4S/c19-14-6-7-17-16(12-14)22(18(23)26-17)13-20-8-10-21(11-9-20)27(24,25)15-4-2-1-3-5-15/h1-7,12H,8-11,13H2. The summed E-state index contributed by atoms with van der Waals surface area (Å²) in [4.78, 5) is 14.5. The molecule has 1 fully saturated rings. The molecular formula is C18H18ClN3O4S. The predicted octanol–water partition coefficient (Wildman–Crippen LogP) is 2.21. The van der Waals surface area contributed by atoms with E-state index < -0.39 is 15.8 Å². The van der Waals surface area contributed by atoms with Crippen LogP contribution in [0.2, 0.25) is 5.02 Å². The van der Waals surface area contributed by atoms with E-state index in [1.165, 1.54) is 8.87 Å². The number of aromatic nitrogens is 1. The zero-order valence-electron chi connectivity index (χ0n) is 14.4. The maximum atomic E-state index is 12.7. The van der Waals surface area contributed by atoms with Gasteiger partial charge in [0.05, 0.1) is 17.1 Å². The quantitative estimate of drug-likeness (QED) is 0.662. The van der Waals surface area contributed by atoms with E-state index in [2.05, 4.69) is 0 Å². The molecule has 1 aliphatic rings. The number of benzene rings is 2. The Balaban J connectivity index is 1.49. The number of piperazine rings is 1. The monoisotopic (exact) mass is 407 g/mol. The molecule has 7 nitrogen and oxygen atoms in total. The zero-order chi connectivity index (χ0) is 19.0. The minimum absolute atomic E-state index is 0.296.